The molecular formula is C21H24N2O3. The fourth-order valence-corrected chi connectivity index (χ4v) is 3.06. The number of nitrogens with one attached hydrogen (secondary N) is 1. The van der Waals surface area contributed by atoms with Gasteiger partial charge in [-0.05, 0) is 43.7 Å². The molecule has 3 rings (SSSR count). The van der Waals surface area contributed by atoms with E-state index >= 15 is 0 Å². The van der Waals surface area contributed by atoms with E-state index in [0.717, 1.165) is 22.6 Å². The van der Waals surface area contributed by atoms with Crippen molar-refractivity contribution in [1.82, 2.24) is 5.32 Å². The van der Waals surface area contributed by atoms with Crippen LogP contribution in [-0.4, -0.2) is 25.0 Å². The predicted octanol–water partition coefficient (Wildman–Crippen LogP) is 3.06. The number of carbonyl (C=O) groups excluding carboxylic acids is 2. The molecule has 136 valence electrons. The average molecular weight is 352 g/mol. The number of nitrogens with zero attached hydrogens (tertiary/aromatic N) is 1. The Balaban J connectivity index is 1.55. The lowest BCUT2D eigenvalue weighted by Crippen LogP contribution is -2.32. The summed E-state index contributed by atoms with van der Waals surface area (Å²) < 4.78 is 5.41. The van der Waals surface area contributed by atoms with Crippen molar-refractivity contribution in [3.63, 3.8) is 0 Å². The van der Waals surface area contributed by atoms with Gasteiger partial charge in [-0.3, -0.25) is 9.59 Å². The maximum absolute atomic E-state index is 12.4. The van der Waals surface area contributed by atoms with Crippen molar-refractivity contribution in [3.8, 4) is 5.75 Å². The summed E-state index contributed by atoms with van der Waals surface area (Å²) in [5.41, 5.74) is 2.99. The summed E-state index contributed by atoms with van der Waals surface area (Å²) in [7, 11) is 0. The molecule has 0 bridgehead atoms. The molecule has 1 aliphatic heterocycles. The Hall–Kier alpha value is -2.82. The molecule has 5 heteroatoms. The van der Waals surface area contributed by atoms with Gasteiger partial charge in [-0.15, -0.1) is 0 Å². The van der Waals surface area contributed by atoms with E-state index < -0.39 is 0 Å². The summed E-state index contributed by atoms with van der Waals surface area (Å²) in [6.07, 6.45) is 0.253. The van der Waals surface area contributed by atoms with Gasteiger partial charge in [0.1, 0.15) is 5.75 Å². The lowest BCUT2D eigenvalue weighted by Gasteiger charge is -2.17. The third-order valence-electron chi connectivity index (χ3n) is 4.54. The Morgan fingerprint density at radius 3 is 2.50 bits per heavy atom. The first-order valence-corrected chi connectivity index (χ1v) is 8.93. The van der Waals surface area contributed by atoms with Gasteiger partial charge in [-0.2, -0.15) is 0 Å². The molecule has 0 radical (unpaired) electrons. The van der Waals surface area contributed by atoms with E-state index in [9.17, 15) is 9.59 Å². The number of ether oxygens (including phenoxy) is 1. The molecule has 1 N–H and O–H groups in total. The molecule has 0 aliphatic carbocycles. The van der Waals surface area contributed by atoms with Crippen LogP contribution in [-0.2, 0) is 16.1 Å². The van der Waals surface area contributed by atoms with Crippen LogP contribution in [0.2, 0.25) is 0 Å². The zero-order chi connectivity index (χ0) is 18.5. The Bertz CT molecular complexity index is 769. The van der Waals surface area contributed by atoms with Gasteiger partial charge in [0.2, 0.25) is 11.8 Å². The second kappa shape index (κ2) is 8.04. The molecule has 5 nitrogen and oxygen atoms in total. The Kier molecular flexibility index (Phi) is 5.56. The highest BCUT2D eigenvalue weighted by molar-refractivity contribution is 6.00. The first-order chi connectivity index (χ1) is 12.6. The highest BCUT2D eigenvalue weighted by Crippen LogP contribution is 2.25. The van der Waals surface area contributed by atoms with Crippen molar-refractivity contribution in [3.05, 3.63) is 59.7 Å². The molecule has 1 saturated heterocycles. The number of aryl methyl sites for hydroxylation is 1. The van der Waals surface area contributed by atoms with E-state index in [1.54, 1.807) is 4.90 Å². The molecule has 1 aliphatic rings. The summed E-state index contributed by atoms with van der Waals surface area (Å²) in [4.78, 5) is 26.4. The van der Waals surface area contributed by atoms with Gasteiger partial charge < -0.3 is 15.0 Å². The van der Waals surface area contributed by atoms with Crippen LogP contribution < -0.4 is 15.0 Å². The smallest absolute Gasteiger partial charge is 0.227 e. The van der Waals surface area contributed by atoms with E-state index in [1.165, 1.54) is 0 Å². The Labute approximate surface area is 154 Å². The first-order valence-electron chi connectivity index (χ1n) is 8.93. The van der Waals surface area contributed by atoms with Crippen LogP contribution in [0, 0.1) is 12.8 Å². The number of benzene rings is 2. The minimum absolute atomic E-state index is 0.00456. The van der Waals surface area contributed by atoms with Crippen LogP contribution in [0.1, 0.15) is 24.5 Å². The molecule has 0 aromatic heterocycles. The summed E-state index contributed by atoms with van der Waals surface area (Å²) in [5.74, 6) is 0.418. The fraction of sp³-hybridized carbons (Fsp3) is 0.333. The Morgan fingerprint density at radius 1 is 1.15 bits per heavy atom. The number of carbonyl (C=O) groups is 2. The van der Waals surface area contributed by atoms with Crippen LogP contribution in [0.3, 0.4) is 0 Å². The molecule has 0 spiro atoms. The van der Waals surface area contributed by atoms with Gasteiger partial charge in [0.15, 0.2) is 0 Å². The number of anilines is 1. The molecule has 0 saturated carbocycles. The third kappa shape index (κ3) is 4.23. The highest BCUT2D eigenvalue weighted by atomic mass is 16.5. The molecule has 2 aromatic rings. The van der Waals surface area contributed by atoms with Crippen LogP contribution in [0.4, 0.5) is 5.69 Å². The monoisotopic (exact) mass is 352 g/mol. The topological polar surface area (TPSA) is 58.6 Å². The first kappa shape index (κ1) is 18.0. The molecule has 2 amide bonds. The zero-order valence-electron chi connectivity index (χ0n) is 15.2. The highest BCUT2D eigenvalue weighted by Gasteiger charge is 2.34. The zero-order valence-corrected chi connectivity index (χ0v) is 15.2. The molecule has 1 heterocycles. The van der Waals surface area contributed by atoms with Crippen LogP contribution >= 0.6 is 0 Å². The predicted molar refractivity (Wildman–Crippen MR) is 101 cm³/mol. The second-order valence-corrected chi connectivity index (χ2v) is 6.54. The lowest BCUT2D eigenvalue weighted by atomic mass is 10.1. The summed E-state index contributed by atoms with van der Waals surface area (Å²) in [6, 6.07) is 15.4. The normalized spacial score (nSPS) is 16.6. The SMILES string of the molecule is CCOc1ccc(CNC(=O)[C@H]2CC(=O)N(c3ccc(C)cc3)C2)cc1. The second-order valence-electron chi connectivity index (χ2n) is 6.54. The van der Waals surface area contributed by atoms with E-state index in [0.29, 0.717) is 19.7 Å². The van der Waals surface area contributed by atoms with Crippen molar-refractivity contribution < 1.29 is 14.3 Å². The summed E-state index contributed by atoms with van der Waals surface area (Å²) >= 11 is 0. The molecule has 26 heavy (non-hydrogen) atoms. The van der Waals surface area contributed by atoms with Gasteiger partial charge in [0.05, 0.1) is 12.5 Å². The van der Waals surface area contributed by atoms with Gasteiger partial charge >= 0.3 is 0 Å². The maximum atomic E-state index is 12.4. The minimum atomic E-state index is -0.313. The number of hydrogen-bond acceptors (Lipinski definition) is 3. The number of amides is 2. The summed E-state index contributed by atoms with van der Waals surface area (Å²) in [6.45, 7) is 5.45. The number of rotatable bonds is 6. The van der Waals surface area contributed by atoms with Gasteiger partial charge in [-0.25, -0.2) is 0 Å². The van der Waals surface area contributed by atoms with Crippen LogP contribution in [0.5, 0.6) is 5.75 Å². The van der Waals surface area contributed by atoms with E-state index in [-0.39, 0.29) is 24.2 Å². The van der Waals surface area contributed by atoms with Crippen LogP contribution in [0.25, 0.3) is 0 Å². The van der Waals surface area contributed by atoms with Gasteiger partial charge in [0, 0.05) is 25.2 Å². The van der Waals surface area contributed by atoms with Gasteiger partial charge in [0.25, 0.3) is 0 Å². The van der Waals surface area contributed by atoms with E-state index in [1.807, 2.05) is 62.4 Å². The fourth-order valence-electron chi connectivity index (χ4n) is 3.06. The molecule has 1 atom stereocenters. The van der Waals surface area contributed by atoms with Crippen molar-refractivity contribution in [1.29, 1.82) is 0 Å². The molecule has 0 unspecified atom stereocenters. The van der Waals surface area contributed by atoms with Crippen molar-refractivity contribution in [2.75, 3.05) is 18.1 Å². The van der Waals surface area contributed by atoms with E-state index in [2.05, 4.69) is 5.32 Å². The van der Waals surface area contributed by atoms with Crippen molar-refractivity contribution in [2.24, 2.45) is 5.92 Å². The minimum Gasteiger partial charge on any atom is -0.494 e. The largest absolute Gasteiger partial charge is 0.494 e. The average Bonchev–Trinajstić information content (AvgIpc) is 3.04. The maximum Gasteiger partial charge on any atom is 0.227 e. The summed E-state index contributed by atoms with van der Waals surface area (Å²) in [5, 5.41) is 2.94. The van der Waals surface area contributed by atoms with E-state index in [4.69, 9.17) is 4.74 Å². The van der Waals surface area contributed by atoms with Gasteiger partial charge in [-0.1, -0.05) is 29.8 Å². The Morgan fingerprint density at radius 2 is 1.85 bits per heavy atom. The molecular weight excluding hydrogens is 328 g/mol. The van der Waals surface area contributed by atoms with Crippen molar-refractivity contribution in [2.45, 2.75) is 26.8 Å². The number of hydrogen-bond donors (Lipinski definition) is 1. The molecule has 2 aromatic carbocycles. The van der Waals surface area contributed by atoms with Crippen molar-refractivity contribution >= 4 is 17.5 Å². The quantitative estimate of drug-likeness (QED) is 0.869. The lowest BCUT2D eigenvalue weighted by molar-refractivity contribution is -0.126. The molecule has 1 fully saturated rings. The third-order valence-corrected chi connectivity index (χ3v) is 4.54. The van der Waals surface area contributed by atoms with Crippen LogP contribution in [0.15, 0.2) is 48.5 Å². The standard InChI is InChI=1S/C21H24N2O3/c1-3-26-19-10-6-16(7-11-19)13-22-21(25)17-12-20(24)23(14-17)18-8-4-15(2)5-9-18/h4-11,17H,3,12-14H2,1-2H3,(H,22,25)/t17-/m0/s1.